The molecule has 0 aliphatic heterocycles. The zero-order chi connectivity index (χ0) is 25.4. The molecule has 3 rings (SSSR count). The molecule has 9 nitrogen and oxygen atoms in total. The minimum Gasteiger partial charge on any atom is -0.497 e. The average molecular weight is 507 g/mol. The quantitative estimate of drug-likeness (QED) is 0.187. The Morgan fingerprint density at radius 1 is 1.09 bits per heavy atom. The van der Waals surface area contributed by atoms with Crippen molar-refractivity contribution >= 4 is 29.7 Å². The summed E-state index contributed by atoms with van der Waals surface area (Å²) in [5.41, 5.74) is 1.45. The molecule has 0 bridgehead atoms. The number of carbonyl (C=O) groups excluding carboxylic acids is 1. The summed E-state index contributed by atoms with van der Waals surface area (Å²) in [5, 5.41) is 14.6. The highest BCUT2D eigenvalue weighted by Crippen LogP contribution is 2.32. The molecule has 3 aromatic rings. The maximum Gasteiger partial charge on any atom is 0.453 e. The lowest BCUT2D eigenvalue weighted by molar-refractivity contribution is -0.147. The van der Waals surface area contributed by atoms with Gasteiger partial charge in [0.15, 0.2) is 5.71 Å². The Bertz CT molecular complexity index is 1230. The number of rotatable bonds is 9. The highest BCUT2D eigenvalue weighted by Gasteiger charge is 2.39. The van der Waals surface area contributed by atoms with Crippen LogP contribution in [0.5, 0.6) is 5.75 Å². The summed E-state index contributed by atoms with van der Waals surface area (Å²) >= 11 is 0.955. The SMILES string of the molecule is CO/N=C(/C(=O)OC)c1ccccc1CSc1nnc(C(F)(F)F)n1/N=C/c1ccc(OC)cc1. The molecule has 1 aromatic heterocycles. The van der Waals surface area contributed by atoms with Crippen molar-refractivity contribution in [2.24, 2.45) is 10.3 Å². The summed E-state index contributed by atoms with van der Waals surface area (Å²) in [5.74, 6) is -1.27. The van der Waals surface area contributed by atoms with Crippen LogP contribution in [0.15, 0.2) is 63.9 Å². The molecule has 0 N–H and O–H groups in total. The van der Waals surface area contributed by atoms with Gasteiger partial charge < -0.3 is 14.3 Å². The van der Waals surface area contributed by atoms with Crippen LogP contribution in [0.2, 0.25) is 0 Å². The van der Waals surface area contributed by atoms with Crippen LogP contribution in [-0.2, 0) is 26.3 Å². The molecule has 1 heterocycles. The minimum atomic E-state index is -4.77. The Morgan fingerprint density at radius 3 is 2.43 bits per heavy atom. The van der Waals surface area contributed by atoms with Gasteiger partial charge in [-0.25, -0.2) is 4.79 Å². The fourth-order valence-corrected chi connectivity index (χ4v) is 3.75. The van der Waals surface area contributed by atoms with Crippen LogP contribution < -0.4 is 4.74 Å². The summed E-state index contributed by atoms with van der Waals surface area (Å²) in [4.78, 5) is 16.9. The van der Waals surface area contributed by atoms with Crippen LogP contribution in [0.25, 0.3) is 0 Å². The molecule has 35 heavy (non-hydrogen) atoms. The molecule has 0 aliphatic carbocycles. The van der Waals surface area contributed by atoms with Gasteiger partial charge in [0, 0.05) is 11.3 Å². The van der Waals surface area contributed by atoms with Crippen LogP contribution in [0.3, 0.4) is 0 Å². The lowest BCUT2D eigenvalue weighted by Crippen LogP contribution is -2.19. The van der Waals surface area contributed by atoms with E-state index in [1.54, 1.807) is 48.5 Å². The third-order valence-corrected chi connectivity index (χ3v) is 5.46. The van der Waals surface area contributed by atoms with Gasteiger partial charge in [0.1, 0.15) is 12.9 Å². The zero-order valence-corrected chi connectivity index (χ0v) is 19.6. The lowest BCUT2D eigenvalue weighted by atomic mass is 10.0. The Hall–Kier alpha value is -3.87. The van der Waals surface area contributed by atoms with Crippen molar-refractivity contribution in [3.8, 4) is 5.75 Å². The van der Waals surface area contributed by atoms with Crippen LogP contribution in [-0.4, -0.2) is 54.1 Å². The third kappa shape index (κ3) is 6.38. The first-order valence-corrected chi connectivity index (χ1v) is 10.9. The van der Waals surface area contributed by atoms with Crippen molar-refractivity contribution in [1.82, 2.24) is 14.9 Å². The van der Waals surface area contributed by atoms with Gasteiger partial charge >= 0.3 is 12.1 Å². The average Bonchev–Trinajstić information content (AvgIpc) is 3.28. The number of aromatic nitrogens is 3. The van der Waals surface area contributed by atoms with Gasteiger partial charge in [-0.1, -0.05) is 41.2 Å². The molecule has 0 unspecified atom stereocenters. The van der Waals surface area contributed by atoms with Crippen molar-refractivity contribution in [3.05, 3.63) is 71.0 Å². The predicted molar refractivity (Wildman–Crippen MR) is 123 cm³/mol. The number of esters is 1. The number of thioether (sulfide) groups is 1. The Morgan fingerprint density at radius 2 is 1.80 bits per heavy atom. The van der Waals surface area contributed by atoms with E-state index in [0.717, 1.165) is 11.8 Å². The highest BCUT2D eigenvalue weighted by molar-refractivity contribution is 7.98. The maximum absolute atomic E-state index is 13.5. The Labute approximate surface area is 202 Å². The minimum absolute atomic E-state index is 0.0822. The molecule has 0 aliphatic rings. The van der Waals surface area contributed by atoms with E-state index in [0.29, 0.717) is 27.1 Å². The molecule has 13 heteroatoms. The molecule has 2 aromatic carbocycles. The molecular formula is C22H20F3N5O4S. The molecule has 0 fully saturated rings. The van der Waals surface area contributed by atoms with E-state index in [4.69, 9.17) is 14.3 Å². The fraction of sp³-hybridized carbons (Fsp3) is 0.227. The summed E-state index contributed by atoms with van der Waals surface area (Å²) in [6, 6.07) is 13.3. The van der Waals surface area contributed by atoms with Gasteiger partial charge in [-0.15, -0.1) is 10.2 Å². The molecule has 0 spiro atoms. The van der Waals surface area contributed by atoms with Crippen molar-refractivity contribution in [3.63, 3.8) is 0 Å². The van der Waals surface area contributed by atoms with Crippen LogP contribution in [0, 0.1) is 0 Å². The second-order valence-electron chi connectivity index (χ2n) is 6.69. The van der Waals surface area contributed by atoms with Crippen molar-refractivity contribution in [2.45, 2.75) is 17.1 Å². The zero-order valence-electron chi connectivity index (χ0n) is 18.8. The molecular weight excluding hydrogens is 487 g/mol. The van der Waals surface area contributed by atoms with Crippen molar-refractivity contribution in [1.29, 1.82) is 0 Å². The second kappa shape index (κ2) is 11.5. The number of alkyl halides is 3. The number of carbonyl (C=O) groups is 1. The number of hydrogen-bond donors (Lipinski definition) is 0. The largest absolute Gasteiger partial charge is 0.497 e. The van der Waals surface area contributed by atoms with Gasteiger partial charge in [-0.2, -0.15) is 22.9 Å². The number of methoxy groups -OCH3 is 2. The molecule has 184 valence electrons. The monoisotopic (exact) mass is 507 g/mol. The lowest BCUT2D eigenvalue weighted by Gasteiger charge is -2.10. The maximum atomic E-state index is 13.5. The van der Waals surface area contributed by atoms with E-state index < -0.39 is 18.0 Å². The number of oxime groups is 1. The molecule has 0 atom stereocenters. The second-order valence-corrected chi connectivity index (χ2v) is 7.64. The summed E-state index contributed by atoms with van der Waals surface area (Å²) in [6.45, 7) is 0. The van der Waals surface area contributed by atoms with Gasteiger partial charge in [0.2, 0.25) is 5.16 Å². The first-order valence-electron chi connectivity index (χ1n) is 9.90. The first-order chi connectivity index (χ1) is 16.8. The molecule has 0 radical (unpaired) electrons. The van der Waals surface area contributed by atoms with Gasteiger partial charge in [0.25, 0.3) is 5.82 Å². The predicted octanol–water partition coefficient (Wildman–Crippen LogP) is 4.00. The number of hydrogen-bond acceptors (Lipinski definition) is 9. The van der Waals surface area contributed by atoms with Crippen LogP contribution in [0.4, 0.5) is 13.2 Å². The summed E-state index contributed by atoms with van der Waals surface area (Å²) in [6.07, 6.45) is -3.51. The van der Waals surface area contributed by atoms with Crippen molar-refractivity contribution < 1.29 is 32.3 Å². The third-order valence-electron chi connectivity index (χ3n) is 4.49. The van der Waals surface area contributed by atoms with E-state index in [1.165, 1.54) is 27.5 Å². The van der Waals surface area contributed by atoms with E-state index in [-0.39, 0.29) is 16.6 Å². The standard InChI is InChI=1S/C22H20F3N5O4S/c1-32-16-10-8-14(9-11-16)12-26-30-20(22(23,24)25)27-28-21(30)35-13-15-6-4-5-7-17(15)18(29-34-3)19(31)33-2/h4-12H,13H2,1-3H3/b26-12+,29-18+. The molecule has 0 amide bonds. The van der Waals surface area contributed by atoms with E-state index in [9.17, 15) is 18.0 Å². The summed E-state index contributed by atoms with van der Waals surface area (Å²) in [7, 11) is 3.99. The van der Waals surface area contributed by atoms with E-state index in [1.807, 2.05) is 0 Å². The first kappa shape index (κ1) is 25.7. The molecule has 0 saturated carbocycles. The topological polar surface area (TPSA) is 100 Å². The number of benzene rings is 2. The fourth-order valence-electron chi connectivity index (χ4n) is 2.85. The summed E-state index contributed by atoms with van der Waals surface area (Å²) < 4.78 is 51.0. The number of ether oxygens (including phenoxy) is 2. The van der Waals surface area contributed by atoms with Crippen molar-refractivity contribution in [2.75, 3.05) is 21.3 Å². The van der Waals surface area contributed by atoms with Gasteiger partial charge in [-0.3, -0.25) is 0 Å². The van der Waals surface area contributed by atoms with Gasteiger partial charge in [-0.05, 0) is 35.4 Å². The van der Waals surface area contributed by atoms with E-state index in [2.05, 4.69) is 20.5 Å². The normalized spacial score (nSPS) is 12.1. The Balaban J connectivity index is 1.92. The molecule has 0 saturated heterocycles. The number of nitrogens with zero attached hydrogens (tertiary/aromatic N) is 5. The van der Waals surface area contributed by atoms with Crippen LogP contribution in [0.1, 0.15) is 22.5 Å². The van der Waals surface area contributed by atoms with Crippen LogP contribution >= 0.6 is 11.8 Å². The smallest absolute Gasteiger partial charge is 0.453 e. The highest BCUT2D eigenvalue weighted by atomic mass is 32.2. The number of halogens is 3. The Kier molecular flexibility index (Phi) is 8.47. The van der Waals surface area contributed by atoms with Gasteiger partial charge in [0.05, 0.1) is 20.4 Å². The van der Waals surface area contributed by atoms with E-state index >= 15 is 0 Å².